The molecule has 1 aromatic heterocycles. The second-order valence-electron chi connectivity index (χ2n) is 5.83. The molecule has 0 saturated heterocycles. The van der Waals surface area contributed by atoms with Crippen LogP contribution in [0.5, 0.6) is 0 Å². The van der Waals surface area contributed by atoms with E-state index in [9.17, 15) is 21.6 Å². The van der Waals surface area contributed by atoms with E-state index in [4.69, 9.17) is 4.42 Å². The van der Waals surface area contributed by atoms with Gasteiger partial charge in [0.15, 0.2) is 9.79 Å². The quantitative estimate of drug-likeness (QED) is 0.663. The zero-order chi connectivity index (χ0) is 19.8. The molecule has 27 heavy (non-hydrogen) atoms. The van der Waals surface area contributed by atoms with Crippen molar-refractivity contribution >= 4 is 19.7 Å². The van der Waals surface area contributed by atoms with Gasteiger partial charge >= 0.3 is 0 Å². The molecular weight excluding hydrogens is 388 g/mol. The fraction of sp³-hybridized carbons (Fsp3) is 0.105. The third-order valence-corrected chi connectivity index (χ3v) is 7.81. The van der Waals surface area contributed by atoms with Gasteiger partial charge in [-0.25, -0.2) is 16.8 Å². The Morgan fingerprint density at radius 1 is 0.630 bits per heavy atom. The molecule has 6 nitrogen and oxygen atoms in total. The zero-order valence-electron chi connectivity index (χ0n) is 14.5. The lowest BCUT2D eigenvalue weighted by Crippen LogP contribution is -2.24. The van der Waals surface area contributed by atoms with Gasteiger partial charge in [0.1, 0.15) is 11.5 Å². The first-order chi connectivity index (χ1) is 12.7. The van der Waals surface area contributed by atoms with Crippen LogP contribution in [-0.4, -0.2) is 16.8 Å². The van der Waals surface area contributed by atoms with Crippen molar-refractivity contribution in [3.05, 3.63) is 82.4 Å². The van der Waals surface area contributed by atoms with Gasteiger partial charge in [-0.1, -0.05) is 36.4 Å². The summed E-state index contributed by atoms with van der Waals surface area (Å²) in [4.78, 5) is 11.5. The van der Waals surface area contributed by atoms with Gasteiger partial charge in [0.05, 0.1) is 9.79 Å². The fourth-order valence-electron chi connectivity index (χ4n) is 2.80. The second-order valence-corrected chi connectivity index (χ2v) is 9.61. The number of rotatable bonds is 4. The van der Waals surface area contributed by atoms with Crippen LogP contribution in [0.1, 0.15) is 11.5 Å². The fourth-order valence-corrected chi connectivity index (χ4v) is 5.90. The van der Waals surface area contributed by atoms with E-state index >= 15 is 0 Å². The Balaban J connectivity index is 2.36. The standard InChI is InChI=1S/C19H16O6S2/c1-13-18(26(21,22)15-9-5-3-6-10-15)17(20)19(14(2)25-13)27(23,24)16-11-7-4-8-12-16/h3-12H,1-2H3. The molecule has 1 heterocycles. The number of benzene rings is 2. The van der Waals surface area contributed by atoms with Crippen LogP contribution >= 0.6 is 0 Å². The molecule has 0 N–H and O–H groups in total. The molecule has 0 bridgehead atoms. The molecule has 0 radical (unpaired) electrons. The summed E-state index contributed by atoms with van der Waals surface area (Å²) in [7, 11) is -8.51. The Labute approximate surface area is 156 Å². The van der Waals surface area contributed by atoms with Crippen LogP contribution in [0, 0.1) is 13.8 Å². The molecule has 3 aromatic rings. The third-order valence-electron chi connectivity index (χ3n) is 4.00. The minimum atomic E-state index is -4.25. The highest BCUT2D eigenvalue weighted by molar-refractivity contribution is 7.92. The monoisotopic (exact) mass is 404 g/mol. The van der Waals surface area contributed by atoms with Crippen LogP contribution in [0.15, 0.2) is 89.5 Å². The molecule has 0 fully saturated rings. The predicted octanol–water partition coefficient (Wildman–Crippen LogP) is 2.92. The minimum absolute atomic E-state index is 0.118. The van der Waals surface area contributed by atoms with Crippen LogP contribution in [0.25, 0.3) is 0 Å². The van der Waals surface area contributed by atoms with Gasteiger partial charge in [-0.15, -0.1) is 0 Å². The smallest absolute Gasteiger partial charge is 0.223 e. The molecule has 0 spiro atoms. The molecule has 0 saturated carbocycles. The summed E-state index contributed by atoms with van der Waals surface area (Å²) in [5.74, 6) is -0.318. The maximum atomic E-state index is 13.0. The average molecular weight is 404 g/mol. The number of aryl methyl sites for hydroxylation is 2. The van der Waals surface area contributed by atoms with Gasteiger partial charge in [-0.3, -0.25) is 4.79 Å². The third kappa shape index (κ3) is 3.22. The van der Waals surface area contributed by atoms with Crippen molar-refractivity contribution in [2.75, 3.05) is 0 Å². The predicted molar refractivity (Wildman–Crippen MR) is 98.2 cm³/mol. The van der Waals surface area contributed by atoms with Crippen molar-refractivity contribution in [3.8, 4) is 0 Å². The SMILES string of the molecule is Cc1oc(C)c(S(=O)(=O)c2ccccc2)c(=O)c1S(=O)(=O)c1ccccc1. The normalized spacial score (nSPS) is 12.1. The molecule has 3 rings (SSSR count). The molecule has 0 unspecified atom stereocenters. The van der Waals surface area contributed by atoms with E-state index in [-0.39, 0.29) is 21.3 Å². The first kappa shape index (κ1) is 19.1. The molecule has 0 aliphatic carbocycles. The summed E-state index contributed by atoms with van der Waals surface area (Å²) in [6.45, 7) is 2.65. The molecule has 8 heteroatoms. The molecule has 0 aliphatic heterocycles. The zero-order valence-corrected chi connectivity index (χ0v) is 16.2. The van der Waals surface area contributed by atoms with E-state index in [1.54, 1.807) is 12.1 Å². The lowest BCUT2D eigenvalue weighted by Gasteiger charge is -2.12. The largest absolute Gasteiger partial charge is 0.464 e. The van der Waals surface area contributed by atoms with E-state index in [0.29, 0.717) is 0 Å². The van der Waals surface area contributed by atoms with E-state index < -0.39 is 34.9 Å². The Morgan fingerprint density at radius 3 is 1.30 bits per heavy atom. The molecule has 0 atom stereocenters. The summed E-state index contributed by atoms with van der Waals surface area (Å²) in [5, 5.41) is 0. The minimum Gasteiger partial charge on any atom is -0.464 e. The van der Waals surface area contributed by atoms with Crippen molar-refractivity contribution in [2.45, 2.75) is 33.4 Å². The van der Waals surface area contributed by atoms with E-state index in [1.807, 2.05) is 0 Å². The average Bonchev–Trinajstić information content (AvgIpc) is 2.62. The van der Waals surface area contributed by atoms with Gasteiger partial charge in [0.25, 0.3) is 0 Å². The molecule has 2 aromatic carbocycles. The van der Waals surface area contributed by atoms with Crippen LogP contribution < -0.4 is 5.43 Å². The lowest BCUT2D eigenvalue weighted by molar-refractivity contribution is 0.445. The highest BCUT2D eigenvalue weighted by Gasteiger charge is 2.33. The topological polar surface area (TPSA) is 98.5 Å². The summed E-state index contributed by atoms with van der Waals surface area (Å²) in [6.07, 6.45) is 0. The van der Waals surface area contributed by atoms with Gasteiger partial charge in [-0.2, -0.15) is 0 Å². The molecule has 0 amide bonds. The van der Waals surface area contributed by atoms with Crippen LogP contribution in [0.3, 0.4) is 0 Å². The number of hydrogen-bond donors (Lipinski definition) is 0. The maximum absolute atomic E-state index is 13.0. The summed E-state index contributed by atoms with van der Waals surface area (Å²) in [6, 6.07) is 14.7. The Kier molecular flexibility index (Phi) is 4.79. The van der Waals surface area contributed by atoms with E-state index in [0.717, 1.165) is 0 Å². The summed E-state index contributed by atoms with van der Waals surface area (Å²) < 4.78 is 57.2. The Bertz CT molecular complexity index is 1160. The highest BCUT2D eigenvalue weighted by Crippen LogP contribution is 2.27. The molecule has 140 valence electrons. The van der Waals surface area contributed by atoms with Gasteiger partial charge in [-0.05, 0) is 38.1 Å². The molecule has 0 aliphatic rings. The Morgan fingerprint density at radius 2 is 0.963 bits per heavy atom. The van der Waals surface area contributed by atoms with Crippen LogP contribution in [0.2, 0.25) is 0 Å². The Hall–Kier alpha value is -2.71. The summed E-state index contributed by atoms with van der Waals surface area (Å²) in [5.41, 5.74) is -1.09. The highest BCUT2D eigenvalue weighted by atomic mass is 32.2. The van der Waals surface area contributed by atoms with Crippen LogP contribution in [0.4, 0.5) is 0 Å². The van der Waals surface area contributed by atoms with Gasteiger partial charge < -0.3 is 4.42 Å². The lowest BCUT2D eigenvalue weighted by atomic mass is 10.3. The second kappa shape index (κ2) is 6.79. The first-order valence-corrected chi connectivity index (χ1v) is 10.9. The van der Waals surface area contributed by atoms with E-state index in [1.165, 1.54) is 62.4 Å². The van der Waals surface area contributed by atoms with Crippen molar-refractivity contribution in [3.63, 3.8) is 0 Å². The van der Waals surface area contributed by atoms with Crippen molar-refractivity contribution in [1.29, 1.82) is 0 Å². The van der Waals surface area contributed by atoms with Gasteiger partial charge in [0.2, 0.25) is 25.1 Å². The maximum Gasteiger partial charge on any atom is 0.223 e. The number of hydrogen-bond acceptors (Lipinski definition) is 6. The van der Waals surface area contributed by atoms with E-state index in [2.05, 4.69) is 0 Å². The first-order valence-electron chi connectivity index (χ1n) is 7.92. The van der Waals surface area contributed by atoms with Crippen molar-refractivity contribution < 1.29 is 21.3 Å². The number of sulfone groups is 2. The van der Waals surface area contributed by atoms with Gasteiger partial charge in [0, 0.05) is 0 Å². The molecular formula is C19H16O6S2. The van der Waals surface area contributed by atoms with Crippen LogP contribution in [-0.2, 0) is 19.7 Å². The van der Waals surface area contributed by atoms with Crippen molar-refractivity contribution in [2.24, 2.45) is 0 Å². The van der Waals surface area contributed by atoms with Crippen molar-refractivity contribution in [1.82, 2.24) is 0 Å². The summed E-state index contributed by atoms with van der Waals surface area (Å²) >= 11 is 0.